The molecule has 2 aliphatic rings. The van der Waals surface area contributed by atoms with Crippen molar-refractivity contribution in [2.75, 3.05) is 51.9 Å². The Morgan fingerprint density at radius 1 is 1.12 bits per heavy atom. The number of anilines is 1. The minimum Gasteiger partial charge on any atom is -0.497 e. The highest BCUT2D eigenvalue weighted by atomic mass is 16.5. The number of fused-ring (bicyclic) bond motifs is 1. The monoisotopic (exact) mass is 438 g/mol. The van der Waals surface area contributed by atoms with Crippen LogP contribution < -0.4 is 29.7 Å². The minimum atomic E-state index is 0.326. The Balaban J connectivity index is 1.40. The molecule has 172 valence electrons. The summed E-state index contributed by atoms with van der Waals surface area (Å²) in [5.74, 6) is 3.88. The van der Waals surface area contributed by atoms with Crippen LogP contribution in [0.2, 0.25) is 0 Å². The molecule has 7 nitrogen and oxygen atoms in total. The highest BCUT2D eigenvalue weighted by Crippen LogP contribution is 2.33. The largest absolute Gasteiger partial charge is 0.497 e. The van der Waals surface area contributed by atoms with Crippen LogP contribution in [0.15, 0.2) is 47.5 Å². The molecule has 2 aliphatic heterocycles. The van der Waals surface area contributed by atoms with Gasteiger partial charge in [0, 0.05) is 62.0 Å². The lowest BCUT2D eigenvalue weighted by molar-refractivity contribution is 0.269. The maximum atomic E-state index is 5.80. The summed E-state index contributed by atoms with van der Waals surface area (Å²) in [5.41, 5.74) is 2.38. The molecule has 2 aromatic rings. The first-order valence-electron chi connectivity index (χ1n) is 11.4. The van der Waals surface area contributed by atoms with Gasteiger partial charge in [0.05, 0.1) is 20.8 Å². The first-order valence-corrected chi connectivity index (χ1v) is 11.4. The van der Waals surface area contributed by atoms with Crippen LogP contribution in [0.25, 0.3) is 0 Å². The Morgan fingerprint density at radius 2 is 1.91 bits per heavy atom. The van der Waals surface area contributed by atoms with Crippen molar-refractivity contribution < 1.29 is 14.2 Å². The topological polar surface area (TPSA) is 67.4 Å². The van der Waals surface area contributed by atoms with Crippen molar-refractivity contribution in [3.63, 3.8) is 0 Å². The first-order chi connectivity index (χ1) is 15.7. The molecule has 0 radical (unpaired) electrons. The van der Waals surface area contributed by atoms with E-state index in [0.717, 1.165) is 74.5 Å². The van der Waals surface area contributed by atoms with Gasteiger partial charge in [0.2, 0.25) is 0 Å². The van der Waals surface area contributed by atoms with Gasteiger partial charge in [-0.1, -0.05) is 18.2 Å². The van der Waals surface area contributed by atoms with Gasteiger partial charge in [-0.15, -0.1) is 0 Å². The van der Waals surface area contributed by atoms with E-state index in [4.69, 9.17) is 19.2 Å². The number of ether oxygens (including phenoxy) is 3. The molecule has 0 amide bonds. The van der Waals surface area contributed by atoms with E-state index >= 15 is 0 Å². The van der Waals surface area contributed by atoms with Crippen LogP contribution in [-0.2, 0) is 0 Å². The lowest BCUT2D eigenvalue weighted by atomic mass is 9.93. The molecule has 1 fully saturated rings. The van der Waals surface area contributed by atoms with E-state index in [1.807, 2.05) is 12.1 Å². The SMILES string of the molecule is CCNC(=NCC1CCOc2ccccc21)NC1CCN(c2cc(OC)cc(OC)c2)C1. The van der Waals surface area contributed by atoms with Crippen molar-refractivity contribution in [2.24, 2.45) is 4.99 Å². The van der Waals surface area contributed by atoms with E-state index < -0.39 is 0 Å². The third-order valence-corrected chi connectivity index (χ3v) is 6.13. The molecule has 0 spiro atoms. The van der Waals surface area contributed by atoms with Crippen molar-refractivity contribution in [3.05, 3.63) is 48.0 Å². The molecule has 1 saturated heterocycles. The van der Waals surface area contributed by atoms with Crippen molar-refractivity contribution in [2.45, 2.75) is 31.7 Å². The summed E-state index contributed by atoms with van der Waals surface area (Å²) in [7, 11) is 3.37. The van der Waals surface area contributed by atoms with Crippen molar-refractivity contribution in [1.29, 1.82) is 0 Å². The number of rotatable bonds is 7. The average molecular weight is 439 g/mol. The smallest absolute Gasteiger partial charge is 0.191 e. The number of benzene rings is 2. The molecule has 2 heterocycles. The van der Waals surface area contributed by atoms with Gasteiger partial charge in [-0.25, -0.2) is 0 Å². The molecule has 0 saturated carbocycles. The van der Waals surface area contributed by atoms with Crippen LogP contribution in [-0.4, -0.2) is 59.0 Å². The number of aliphatic imine (C=N–C) groups is 1. The van der Waals surface area contributed by atoms with Gasteiger partial charge in [0.15, 0.2) is 5.96 Å². The third-order valence-electron chi connectivity index (χ3n) is 6.13. The Bertz CT molecular complexity index is 911. The molecule has 2 atom stereocenters. The number of nitrogens with zero attached hydrogens (tertiary/aromatic N) is 2. The van der Waals surface area contributed by atoms with Crippen molar-refractivity contribution >= 4 is 11.6 Å². The van der Waals surface area contributed by atoms with Crippen LogP contribution in [0.1, 0.15) is 31.2 Å². The summed E-state index contributed by atoms with van der Waals surface area (Å²) in [4.78, 5) is 7.29. The Kier molecular flexibility index (Phi) is 7.24. The van der Waals surface area contributed by atoms with Crippen molar-refractivity contribution in [1.82, 2.24) is 10.6 Å². The second kappa shape index (κ2) is 10.5. The molecule has 2 N–H and O–H groups in total. The molecular weight excluding hydrogens is 404 g/mol. The molecule has 7 heteroatoms. The van der Waals surface area contributed by atoms with E-state index in [1.54, 1.807) is 14.2 Å². The normalized spacial score (nSPS) is 20.3. The summed E-state index contributed by atoms with van der Waals surface area (Å²) in [6.45, 7) is 6.31. The Hall–Kier alpha value is -3.09. The molecule has 0 aromatic heterocycles. The van der Waals surface area contributed by atoms with Gasteiger partial charge in [0.25, 0.3) is 0 Å². The summed E-state index contributed by atoms with van der Waals surface area (Å²) in [6, 6.07) is 14.7. The fraction of sp³-hybridized carbons (Fsp3) is 0.480. The first kappa shape index (κ1) is 22.1. The maximum Gasteiger partial charge on any atom is 0.191 e. The van der Waals surface area contributed by atoms with E-state index in [2.05, 4.69) is 52.8 Å². The second-order valence-corrected chi connectivity index (χ2v) is 8.24. The van der Waals surface area contributed by atoms with Crippen LogP contribution in [0.4, 0.5) is 5.69 Å². The van der Waals surface area contributed by atoms with Crippen LogP contribution in [0.3, 0.4) is 0 Å². The number of guanidine groups is 1. The lowest BCUT2D eigenvalue weighted by Gasteiger charge is -2.25. The summed E-state index contributed by atoms with van der Waals surface area (Å²) in [6.07, 6.45) is 2.04. The Labute approximate surface area is 190 Å². The number of para-hydroxylation sites is 1. The van der Waals surface area contributed by atoms with Crippen LogP contribution in [0, 0.1) is 0 Å². The van der Waals surface area contributed by atoms with Gasteiger partial charge >= 0.3 is 0 Å². The molecule has 0 aliphatic carbocycles. The van der Waals surface area contributed by atoms with E-state index in [-0.39, 0.29) is 0 Å². The third kappa shape index (κ3) is 5.21. The second-order valence-electron chi connectivity index (χ2n) is 8.24. The van der Waals surface area contributed by atoms with Crippen LogP contribution >= 0.6 is 0 Å². The quantitative estimate of drug-likeness (QED) is 0.510. The molecule has 2 unspecified atom stereocenters. The zero-order valence-corrected chi connectivity index (χ0v) is 19.3. The fourth-order valence-corrected chi connectivity index (χ4v) is 4.41. The lowest BCUT2D eigenvalue weighted by Crippen LogP contribution is -2.44. The number of methoxy groups -OCH3 is 2. The molecular formula is C25H34N4O3. The zero-order valence-electron chi connectivity index (χ0n) is 19.3. The standard InChI is InChI=1S/C25H34N4O3/c1-4-26-25(27-16-18-10-12-32-24-8-6-5-7-23(18)24)28-19-9-11-29(17-19)20-13-21(30-2)15-22(14-20)31-3/h5-8,13-15,18-19H,4,9-12,16-17H2,1-3H3,(H2,26,27,28). The van der Waals surface area contributed by atoms with Gasteiger partial charge < -0.3 is 29.7 Å². The van der Waals surface area contributed by atoms with E-state index in [9.17, 15) is 0 Å². The van der Waals surface area contributed by atoms with Gasteiger partial charge in [-0.05, 0) is 31.4 Å². The number of nitrogens with one attached hydrogen (secondary N) is 2. The predicted molar refractivity (Wildman–Crippen MR) is 129 cm³/mol. The molecule has 32 heavy (non-hydrogen) atoms. The van der Waals surface area contributed by atoms with Crippen molar-refractivity contribution in [3.8, 4) is 17.2 Å². The fourth-order valence-electron chi connectivity index (χ4n) is 4.41. The highest BCUT2D eigenvalue weighted by Gasteiger charge is 2.25. The maximum absolute atomic E-state index is 5.80. The molecule has 4 rings (SSSR count). The van der Waals surface area contributed by atoms with E-state index in [0.29, 0.717) is 12.0 Å². The van der Waals surface area contributed by atoms with Gasteiger partial charge in [-0.2, -0.15) is 0 Å². The Morgan fingerprint density at radius 3 is 2.66 bits per heavy atom. The summed E-state index contributed by atoms with van der Waals surface area (Å²) < 4.78 is 16.7. The molecule has 2 aromatic carbocycles. The zero-order chi connectivity index (χ0) is 22.3. The van der Waals surface area contributed by atoms with E-state index in [1.165, 1.54) is 5.56 Å². The predicted octanol–water partition coefficient (Wildman–Crippen LogP) is 3.40. The van der Waals surface area contributed by atoms with Crippen LogP contribution in [0.5, 0.6) is 17.2 Å². The highest BCUT2D eigenvalue weighted by molar-refractivity contribution is 5.80. The van der Waals surface area contributed by atoms with Gasteiger partial charge in [0.1, 0.15) is 17.2 Å². The number of hydrogen-bond donors (Lipinski definition) is 2. The van der Waals surface area contributed by atoms with Gasteiger partial charge in [-0.3, -0.25) is 4.99 Å². The number of hydrogen-bond acceptors (Lipinski definition) is 5. The average Bonchev–Trinajstić information content (AvgIpc) is 3.31. The summed E-state index contributed by atoms with van der Waals surface area (Å²) in [5, 5.41) is 7.05. The molecule has 0 bridgehead atoms. The minimum absolute atomic E-state index is 0.326. The summed E-state index contributed by atoms with van der Waals surface area (Å²) >= 11 is 0.